The smallest absolute Gasteiger partial charge is 0.229 e. The number of aromatic amines is 2. The molecule has 3 N–H and O–H groups in total. The van der Waals surface area contributed by atoms with Gasteiger partial charge in [0, 0.05) is 52.2 Å². The first-order valence-corrected chi connectivity index (χ1v) is 11.9. The molecule has 0 bridgehead atoms. The molecule has 6 aromatic heterocycles. The number of anilines is 1. The maximum atomic E-state index is 12.4. The van der Waals surface area contributed by atoms with Crippen molar-refractivity contribution in [3.63, 3.8) is 0 Å². The fourth-order valence-corrected chi connectivity index (χ4v) is 4.13. The third-order valence-corrected chi connectivity index (χ3v) is 6.12. The Bertz CT molecular complexity index is 1760. The topological polar surface area (TPSA) is 125 Å². The van der Waals surface area contributed by atoms with Crippen LogP contribution in [0.15, 0.2) is 73.4 Å². The standard InChI is InChI=1S/C28H24N8O/c1-28(2,3)27(37)32-18-11-17(14-30-15-18)20-6-7-22-25(34-20)26(36-35-22)23-12-19-21(33-23)8-10-31-24(19)16-5-4-9-29-13-16/h4-15,33H,1-3H3,(H,32,37)(H,35,36). The summed E-state index contributed by atoms with van der Waals surface area (Å²) in [6.07, 6.45) is 8.69. The first-order chi connectivity index (χ1) is 17.9. The summed E-state index contributed by atoms with van der Waals surface area (Å²) in [5.74, 6) is -0.0778. The fourth-order valence-electron chi connectivity index (χ4n) is 4.13. The number of fused-ring (bicyclic) bond motifs is 2. The third-order valence-electron chi connectivity index (χ3n) is 6.12. The highest BCUT2D eigenvalue weighted by Gasteiger charge is 2.21. The summed E-state index contributed by atoms with van der Waals surface area (Å²) in [5.41, 5.74) is 7.44. The lowest BCUT2D eigenvalue weighted by Crippen LogP contribution is -2.27. The van der Waals surface area contributed by atoms with E-state index in [1.807, 2.05) is 63.2 Å². The highest BCUT2D eigenvalue weighted by Crippen LogP contribution is 2.33. The van der Waals surface area contributed by atoms with Crippen LogP contribution in [0.25, 0.3) is 55.8 Å². The van der Waals surface area contributed by atoms with E-state index in [-0.39, 0.29) is 5.91 Å². The molecule has 9 nitrogen and oxygen atoms in total. The molecule has 9 heteroatoms. The zero-order valence-corrected chi connectivity index (χ0v) is 20.6. The van der Waals surface area contributed by atoms with E-state index in [1.165, 1.54) is 0 Å². The highest BCUT2D eigenvalue weighted by atomic mass is 16.2. The molecule has 1 amide bonds. The van der Waals surface area contributed by atoms with Crippen LogP contribution in [0.2, 0.25) is 0 Å². The number of nitrogens with one attached hydrogen (secondary N) is 3. The van der Waals surface area contributed by atoms with Gasteiger partial charge in [0.1, 0.15) is 11.2 Å². The molecule has 37 heavy (non-hydrogen) atoms. The summed E-state index contributed by atoms with van der Waals surface area (Å²) in [7, 11) is 0. The van der Waals surface area contributed by atoms with Gasteiger partial charge in [0.2, 0.25) is 5.91 Å². The largest absolute Gasteiger partial charge is 0.353 e. The normalized spacial score (nSPS) is 11.8. The van der Waals surface area contributed by atoms with Crippen LogP contribution in [-0.2, 0) is 4.79 Å². The van der Waals surface area contributed by atoms with Crippen LogP contribution in [0.1, 0.15) is 20.8 Å². The second-order valence-corrected chi connectivity index (χ2v) is 9.88. The summed E-state index contributed by atoms with van der Waals surface area (Å²) in [4.78, 5) is 33.9. The van der Waals surface area contributed by atoms with E-state index in [2.05, 4.69) is 35.5 Å². The van der Waals surface area contributed by atoms with Crippen molar-refractivity contribution in [1.29, 1.82) is 0 Å². The van der Waals surface area contributed by atoms with Crippen molar-refractivity contribution >= 4 is 33.5 Å². The van der Waals surface area contributed by atoms with E-state index in [4.69, 9.17) is 4.98 Å². The number of amides is 1. The van der Waals surface area contributed by atoms with Gasteiger partial charge in [0.05, 0.1) is 34.5 Å². The minimum absolute atomic E-state index is 0.0778. The lowest BCUT2D eigenvalue weighted by atomic mass is 9.95. The second-order valence-electron chi connectivity index (χ2n) is 9.88. The number of rotatable bonds is 4. The van der Waals surface area contributed by atoms with Crippen molar-refractivity contribution in [2.24, 2.45) is 5.41 Å². The quantitative estimate of drug-likeness (QED) is 0.296. The van der Waals surface area contributed by atoms with Gasteiger partial charge >= 0.3 is 0 Å². The van der Waals surface area contributed by atoms with Crippen molar-refractivity contribution < 1.29 is 4.79 Å². The number of carbonyl (C=O) groups is 1. The molecule has 0 saturated heterocycles. The van der Waals surface area contributed by atoms with Gasteiger partial charge in [-0.15, -0.1) is 0 Å². The highest BCUT2D eigenvalue weighted by molar-refractivity contribution is 5.99. The maximum absolute atomic E-state index is 12.4. The molecule has 0 spiro atoms. The lowest BCUT2D eigenvalue weighted by molar-refractivity contribution is -0.123. The van der Waals surface area contributed by atoms with Crippen LogP contribution in [-0.4, -0.2) is 41.0 Å². The van der Waals surface area contributed by atoms with Crippen molar-refractivity contribution in [3.05, 3.63) is 73.4 Å². The minimum Gasteiger partial charge on any atom is -0.353 e. The maximum Gasteiger partial charge on any atom is 0.229 e. The van der Waals surface area contributed by atoms with Crippen molar-refractivity contribution in [1.82, 2.24) is 35.1 Å². The van der Waals surface area contributed by atoms with E-state index in [0.29, 0.717) is 11.4 Å². The molecule has 0 fully saturated rings. The molecule has 0 aromatic carbocycles. The Kier molecular flexibility index (Phi) is 5.26. The Balaban J connectivity index is 1.40. The van der Waals surface area contributed by atoms with Gasteiger partial charge in [0.15, 0.2) is 0 Å². The molecule has 0 unspecified atom stereocenters. The van der Waals surface area contributed by atoms with E-state index in [0.717, 1.165) is 50.1 Å². The number of nitrogens with zero attached hydrogens (tertiary/aromatic N) is 5. The van der Waals surface area contributed by atoms with Gasteiger partial charge < -0.3 is 10.3 Å². The van der Waals surface area contributed by atoms with Crippen molar-refractivity contribution in [2.45, 2.75) is 20.8 Å². The predicted molar refractivity (Wildman–Crippen MR) is 144 cm³/mol. The molecule has 6 aromatic rings. The number of H-pyrrole nitrogens is 2. The van der Waals surface area contributed by atoms with Crippen LogP contribution in [0.4, 0.5) is 5.69 Å². The monoisotopic (exact) mass is 488 g/mol. The van der Waals surface area contributed by atoms with Crippen molar-refractivity contribution in [2.75, 3.05) is 5.32 Å². The first kappa shape index (κ1) is 22.5. The Hall–Kier alpha value is -4.92. The van der Waals surface area contributed by atoms with E-state index >= 15 is 0 Å². The van der Waals surface area contributed by atoms with Crippen LogP contribution in [0.5, 0.6) is 0 Å². The second kappa shape index (κ2) is 8.63. The summed E-state index contributed by atoms with van der Waals surface area (Å²) in [6, 6.07) is 13.6. The molecule has 0 radical (unpaired) electrons. The van der Waals surface area contributed by atoms with Crippen molar-refractivity contribution in [3.8, 4) is 33.9 Å². The summed E-state index contributed by atoms with van der Waals surface area (Å²) in [5, 5.41) is 11.5. The van der Waals surface area contributed by atoms with E-state index in [9.17, 15) is 4.79 Å². The number of carbonyl (C=O) groups excluding carboxylic acids is 1. The number of hydrogen-bond acceptors (Lipinski definition) is 6. The average molecular weight is 489 g/mol. The third kappa shape index (κ3) is 4.20. The Morgan fingerprint density at radius 1 is 0.892 bits per heavy atom. The molecular weight excluding hydrogens is 464 g/mol. The number of pyridine rings is 4. The zero-order chi connectivity index (χ0) is 25.6. The lowest BCUT2D eigenvalue weighted by Gasteiger charge is -2.17. The Morgan fingerprint density at radius 2 is 1.76 bits per heavy atom. The molecule has 0 aliphatic carbocycles. The fraction of sp³-hybridized carbons (Fsp3) is 0.143. The van der Waals surface area contributed by atoms with E-state index < -0.39 is 5.41 Å². The molecule has 0 aliphatic heterocycles. The van der Waals surface area contributed by atoms with Crippen LogP contribution < -0.4 is 5.32 Å². The van der Waals surface area contributed by atoms with Gasteiger partial charge in [-0.3, -0.25) is 24.8 Å². The molecule has 6 heterocycles. The SMILES string of the molecule is CC(C)(C)C(=O)Nc1cncc(-c2ccc3[nH]nc(-c4cc5c(-c6cccnc6)nccc5[nH]4)c3n2)c1. The molecule has 182 valence electrons. The van der Waals surface area contributed by atoms with Crippen LogP contribution in [0, 0.1) is 5.41 Å². The predicted octanol–water partition coefficient (Wildman–Crippen LogP) is 5.61. The van der Waals surface area contributed by atoms with Gasteiger partial charge in [-0.25, -0.2) is 4.98 Å². The van der Waals surface area contributed by atoms with Gasteiger partial charge in [-0.2, -0.15) is 5.10 Å². The average Bonchev–Trinajstić information content (AvgIpc) is 3.52. The van der Waals surface area contributed by atoms with E-state index in [1.54, 1.807) is 31.0 Å². The number of aromatic nitrogens is 7. The molecule has 0 aliphatic rings. The van der Waals surface area contributed by atoms with Gasteiger partial charge in [-0.1, -0.05) is 20.8 Å². The molecule has 0 atom stereocenters. The molecular formula is C28H24N8O. The Labute approximate surface area is 212 Å². The summed E-state index contributed by atoms with van der Waals surface area (Å²) >= 11 is 0. The van der Waals surface area contributed by atoms with Crippen LogP contribution in [0.3, 0.4) is 0 Å². The van der Waals surface area contributed by atoms with Gasteiger partial charge in [0.25, 0.3) is 0 Å². The van der Waals surface area contributed by atoms with Crippen LogP contribution >= 0.6 is 0 Å². The summed E-state index contributed by atoms with van der Waals surface area (Å²) < 4.78 is 0. The molecule has 0 saturated carbocycles. The zero-order valence-electron chi connectivity index (χ0n) is 20.6. The number of hydrogen-bond donors (Lipinski definition) is 3. The summed E-state index contributed by atoms with van der Waals surface area (Å²) in [6.45, 7) is 5.61. The Morgan fingerprint density at radius 3 is 2.57 bits per heavy atom. The van der Waals surface area contributed by atoms with Gasteiger partial charge in [-0.05, 0) is 42.5 Å². The molecule has 6 rings (SSSR count). The first-order valence-electron chi connectivity index (χ1n) is 11.9. The minimum atomic E-state index is -0.509.